The van der Waals surface area contributed by atoms with Crippen molar-refractivity contribution in [3.63, 3.8) is 0 Å². The van der Waals surface area contributed by atoms with Crippen LogP contribution >= 0.6 is 0 Å². The summed E-state index contributed by atoms with van der Waals surface area (Å²) in [5, 5.41) is 3.19. The van der Waals surface area contributed by atoms with Crippen LogP contribution < -0.4 is 5.32 Å². The molecule has 2 aromatic carbocycles. The number of hydrogen-bond donors (Lipinski definition) is 1. The normalized spacial score (nSPS) is 15.9. The molecule has 1 fully saturated rings. The fourth-order valence-corrected chi connectivity index (χ4v) is 5.24. The Morgan fingerprint density at radius 1 is 1.07 bits per heavy atom. The van der Waals surface area contributed by atoms with Gasteiger partial charge in [0.05, 0.1) is 11.2 Å². The van der Waals surface area contributed by atoms with Crippen molar-refractivity contribution in [1.29, 1.82) is 0 Å². The second kappa shape index (κ2) is 8.08. The van der Waals surface area contributed by atoms with Crippen molar-refractivity contribution in [3.05, 3.63) is 66.4 Å². The minimum absolute atomic E-state index is 0.0988. The Kier molecular flexibility index (Phi) is 5.48. The monoisotopic (exact) mass is 431 g/mol. The smallest absolute Gasteiger partial charge is 0.245 e. The summed E-state index contributed by atoms with van der Waals surface area (Å²) in [5.41, 5.74) is 0.310. The van der Waals surface area contributed by atoms with Gasteiger partial charge in [0, 0.05) is 36.7 Å². The molecule has 1 amide bonds. The Labute approximate surface area is 172 Å². The van der Waals surface area contributed by atoms with Crippen molar-refractivity contribution in [2.24, 2.45) is 5.92 Å². The lowest BCUT2D eigenvalue weighted by molar-refractivity contribution is -0.120. The number of carbonyl (C=O) groups is 1. The average molecular weight is 431 g/mol. The molecular formula is C21H19F2N3O3S. The summed E-state index contributed by atoms with van der Waals surface area (Å²) in [6.07, 6.45) is 2.14. The van der Waals surface area contributed by atoms with Crippen LogP contribution in [0, 0.1) is 17.6 Å². The number of benzene rings is 2. The van der Waals surface area contributed by atoms with E-state index in [1.807, 2.05) is 0 Å². The molecule has 1 N–H and O–H groups in total. The molecule has 156 valence electrons. The predicted molar refractivity (Wildman–Crippen MR) is 108 cm³/mol. The number of hydrogen-bond acceptors (Lipinski definition) is 4. The van der Waals surface area contributed by atoms with Crippen LogP contribution in [0.4, 0.5) is 14.5 Å². The van der Waals surface area contributed by atoms with E-state index in [9.17, 15) is 22.0 Å². The van der Waals surface area contributed by atoms with Crippen LogP contribution in [0.25, 0.3) is 10.9 Å². The summed E-state index contributed by atoms with van der Waals surface area (Å²) < 4.78 is 54.4. The highest BCUT2D eigenvalue weighted by Gasteiger charge is 2.33. The lowest BCUT2D eigenvalue weighted by atomic mass is 9.97. The number of sulfonamides is 1. The lowest BCUT2D eigenvalue weighted by Crippen LogP contribution is -2.41. The second-order valence-corrected chi connectivity index (χ2v) is 9.03. The van der Waals surface area contributed by atoms with Crippen LogP contribution in [0.15, 0.2) is 59.6 Å². The topological polar surface area (TPSA) is 79.4 Å². The molecule has 3 aromatic rings. The standard InChI is InChI=1S/C21H19F2N3O3S/c22-16-6-7-18(17(23)13-16)25-21(27)15-8-11-26(12-9-15)30(28,29)19-5-1-3-14-4-2-10-24-20(14)19/h1-7,10,13,15H,8-9,11-12H2,(H,25,27). The summed E-state index contributed by atoms with van der Waals surface area (Å²) in [7, 11) is -3.77. The highest BCUT2D eigenvalue weighted by Crippen LogP contribution is 2.28. The van der Waals surface area contributed by atoms with Gasteiger partial charge in [0.2, 0.25) is 15.9 Å². The summed E-state index contributed by atoms with van der Waals surface area (Å²) >= 11 is 0. The fourth-order valence-electron chi connectivity index (χ4n) is 3.61. The van der Waals surface area contributed by atoms with Crippen LogP contribution in [-0.2, 0) is 14.8 Å². The molecule has 0 unspecified atom stereocenters. The Morgan fingerprint density at radius 3 is 2.53 bits per heavy atom. The molecule has 2 heterocycles. The first-order valence-corrected chi connectivity index (χ1v) is 10.9. The quantitative estimate of drug-likeness (QED) is 0.685. The maximum Gasteiger partial charge on any atom is 0.245 e. The largest absolute Gasteiger partial charge is 0.323 e. The van der Waals surface area contributed by atoms with Crippen molar-refractivity contribution < 1.29 is 22.0 Å². The Bertz CT molecular complexity index is 1200. The Balaban J connectivity index is 1.46. The number of rotatable bonds is 4. The molecule has 1 aliphatic rings. The first-order valence-electron chi connectivity index (χ1n) is 9.46. The number of anilines is 1. The number of pyridine rings is 1. The van der Waals surface area contributed by atoms with Crippen molar-refractivity contribution in [1.82, 2.24) is 9.29 Å². The third kappa shape index (κ3) is 3.90. The van der Waals surface area contributed by atoms with Gasteiger partial charge < -0.3 is 5.32 Å². The van der Waals surface area contributed by atoms with E-state index in [1.165, 1.54) is 10.4 Å². The summed E-state index contributed by atoms with van der Waals surface area (Å²) in [5.74, 6) is -2.46. The molecule has 1 aliphatic heterocycles. The third-order valence-corrected chi connectivity index (χ3v) is 7.16. The minimum atomic E-state index is -3.77. The van der Waals surface area contributed by atoms with Gasteiger partial charge in [0.25, 0.3) is 0 Å². The highest BCUT2D eigenvalue weighted by molar-refractivity contribution is 7.89. The van der Waals surface area contributed by atoms with Crippen LogP contribution in [0.3, 0.4) is 0 Å². The molecule has 4 rings (SSSR count). The predicted octanol–water partition coefficient (Wildman–Crippen LogP) is 3.55. The molecule has 9 heteroatoms. The number of para-hydroxylation sites is 1. The molecular weight excluding hydrogens is 412 g/mol. The zero-order valence-electron chi connectivity index (χ0n) is 15.9. The Morgan fingerprint density at radius 2 is 1.80 bits per heavy atom. The number of carbonyl (C=O) groups excluding carboxylic acids is 1. The van der Waals surface area contributed by atoms with E-state index >= 15 is 0 Å². The molecule has 1 saturated heterocycles. The highest BCUT2D eigenvalue weighted by atomic mass is 32.2. The number of nitrogens with zero attached hydrogens (tertiary/aromatic N) is 2. The Hall–Kier alpha value is -2.91. The van der Waals surface area contributed by atoms with E-state index in [0.29, 0.717) is 24.4 Å². The van der Waals surface area contributed by atoms with Crippen LogP contribution in [0.1, 0.15) is 12.8 Å². The summed E-state index contributed by atoms with van der Waals surface area (Å²) in [4.78, 5) is 16.8. The molecule has 6 nitrogen and oxygen atoms in total. The summed E-state index contributed by atoms with van der Waals surface area (Å²) in [6.45, 7) is 0.324. The number of amides is 1. The molecule has 0 radical (unpaired) electrons. The van der Waals surface area contributed by atoms with Gasteiger partial charge in [-0.05, 0) is 37.1 Å². The van der Waals surface area contributed by atoms with Gasteiger partial charge in [-0.2, -0.15) is 4.31 Å². The zero-order valence-corrected chi connectivity index (χ0v) is 16.7. The van der Waals surface area contributed by atoms with Crippen molar-refractivity contribution in [2.45, 2.75) is 17.7 Å². The average Bonchev–Trinajstić information content (AvgIpc) is 2.75. The van der Waals surface area contributed by atoms with E-state index in [1.54, 1.807) is 30.5 Å². The SMILES string of the molecule is O=C(Nc1ccc(F)cc1F)C1CCN(S(=O)(=O)c2cccc3cccnc23)CC1. The fraction of sp³-hybridized carbons (Fsp3) is 0.238. The van der Waals surface area contributed by atoms with Crippen LogP contribution in [0.5, 0.6) is 0 Å². The molecule has 30 heavy (non-hydrogen) atoms. The second-order valence-electron chi connectivity index (χ2n) is 7.12. The van der Waals surface area contributed by atoms with Crippen LogP contribution in [0.2, 0.25) is 0 Å². The van der Waals surface area contributed by atoms with Gasteiger partial charge in [-0.1, -0.05) is 18.2 Å². The molecule has 1 aromatic heterocycles. The van der Waals surface area contributed by atoms with Crippen molar-refractivity contribution in [3.8, 4) is 0 Å². The molecule has 0 bridgehead atoms. The first kappa shape index (κ1) is 20.4. The molecule has 0 atom stereocenters. The van der Waals surface area contributed by atoms with Gasteiger partial charge >= 0.3 is 0 Å². The van der Waals surface area contributed by atoms with E-state index < -0.39 is 33.5 Å². The zero-order chi connectivity index (χ0) is 21.3. The van der Waals surface area contributed by atoms with Crippen LogP contribution in [-0.4, -0.2) is 36.7 Å². The van der Waals surface area contributed by atoms with Gasteiger partial charge in [-0.15, -0.1) is 0 Å². The van der Waals surface area contributed by atoms with Gasteiger partial charge in [-0.25, -0.2) is 17.2 Å². The van der Waals surface area contributed by atoms with E-state index in [0.717, 1.165) is 17.5 Å². The minimum Gasteiger partial charge on any atom is -0.323 e. The number of fused-ring (bicyclic) bond motifs is 1. The number of halogens is 2. The van der Waals surface area contributed by atoms with E-state index in [4.69, 9.17) is 0 Å². The third-order valence-electron chi connectivity index (χ3n) is 5.23. The van der Waals surface area contributed by atoms with Crippen molar-refractivity contribution >= 4 is 32.5 Å². The van der Waals surface area contributed by atoms with Crippen molar-refractivity contribution in [2.75, 3.05) is 18.4 Å². The van der Waals surface area contributed by atoms with E-state index in [2.05, 4.69) is 10.3 Å². The van der Waals surface area contributed by atoms with Gasteiger partial charge in [-0.3, -0.25) is 9.78 Å². The summed E-state index contributed by atoms with van der Waals surface area (Å²) in [6, 6.07) is 11.5. The van der Waals surface area contributed by atoms with Gasteiger partial charge in [0.1, 0.15) is 16.5 Å². The van der Waals surface area contributed by atoms with Gasteiger partial charge in [0.15, 0.2) is 0 Å². The molecule has 0 saturated carbocycles. The maximum absolute atomic E-state index is 13.8. The number of nitrogens with one attached hydrogen (secondary N) is 1. The van der Waals surface area contributed by atoms with E-state index in [-0.39, 0.29) is 23.7 Å². The molecule has 0 spiro atoms. The first-order chi connectivity index (χ1) is 14.4. The number of aromatic nitrogens is 1. The lowest BCUT2D eigenvalue weighted by Gasteiger charge is -2.30. The molecule has 0 aliphatic carbocycles. The number of piperidine rings is 1. The maximum atomic E-state index is 13.8.